The van der Waals surface area contributed by atoms with Gasteiger partial charge in [-0.05, 0) is 45.5 Å². The van der Waals surface area contributed by atoms with Crippen LogP contribution in [0.5, 0.6) is 0 Å². The van der Waals surface area contributed by atoms with E-state index in [-0.39, 0.29) is 5.91 Å². The first kappa shape index (κ1) is 22.5. The van der Waals surface area contributed by atoms with Gasteiger partial charge in [0.25, 0.3) is 0 Å². The second kappa shape index (κ2) is 10.8. The third-order valence-electron chi connectivity index (χ3n) is 5.51. The van der Waals surface area contributed by atoms with Gasteiger partial charge in [-0.1, -0.05) is 41.4 Å². The van der Waals surface area contributed by atoms with E-state index in [1.807, 2.05) is 6.92 Å². The van der Waals surface area contributed by atoms with Gasteiger partial charge >= 0.3 is 0 Å². The molecule has 1 fully saturated rings. The van der Waals surface area contributed by atoms with Crippen molar-refractivity contribution in [3.05, 3.63) is 57.9 Å². The number of likely N-dealkylation sites (N-methyl/N-ethyl adjacent to an activating group) is 1. The van der Waals surface area contributed by atoms with Crippen LogP contribution in [-0.2, 0) is 11.3 Å². The molecule has 1 N–H and O–H groups in total. The van der Waals surface area contributed by atoms with Crippen molar-refractivity contribution in [1.29, 1.82) is 0 Å². The molecule has 6 nitrogen and oxygen atoms in total. The summed E-state index contributed by atoms with van der Waals surface area (Å²) in [4.78, 5) is 17.0. The molecule has 1 amide bonds. The van der Waals surface area contributed by atoms with Gasteiger partial charge in [-0.2, -0.15) is 5.10 Å². The van der Waals surface area contributed by atoms with Crippen molar-refractivity contribution < 1.29 is 4.79 Å². The molecule has 7 heteroatoms. The number of piperazine rings is 1. The van der Waals surface area contributed by atoms with E-state index in [9.17, 15) is 4.79 Å². The first-order valence-electron chi connectivity index (χ1n) is 10.6. The van der Waals surface area contributed by atoms with Gasteiger partial charge in [0.05, 0.1) is 12.2 Å². The van der Waals surface area contributed by atoms with Gasteiger partial charge in [-0.3, -0.25) is 4.79 Å². The van der Waals surface area contributed by atoms with Crippen molar-refractivity contribution >= 4 is 23.6 Å². The fourth-order valence-electron chi connectivity index (χ4n) is 3.53. The maximum absolute atomic E-state index is 12.2. The predicted octanol–water partition coefficient (Wildman–Crippen LogP) is 2.97. The largest absolute Gasteiger partial charge is 0.353 e. The molecule has 2 heterocycles. The van der Waals surface area contributed by atoms with Gasteiger partial charge in [-0.15, -0.1) is 0 Å². The van der Waals surface area contributed by atoms with Gasteiger partial charge in [0.2, 0.25) is 5.91 Å². The van der Waals surface area contributed by atoms with Gasteiger partial charge < -0.3 is 15.1 Å². The van der Waals surface area contributed by atoms with E-state index in [0.29, 0.717) is 18.2 Å². The minimum absolute atomic E-state index is 0.102. The van der Waals surface area contributed by atoms with E-state index >= 15 is 0 Å². The number of aryl methyl sites for hydroxylation is 2. The quantitative estimate of drug-likeness (QED) is 0.517. The Morgan fingerprint density at radius 1 is 1.17 bits per heavy atom. The minimum atomic E-state index is -0.102. The molecule has 1 aliphatic heterocycles. The maximum atomic E-state index is 12.2. The van der Waals surface area contributed by atoms with Crippen LogP contribution in [0, 0.1) is 13.8 Å². The molecule has 1 aromatic carbocycles. The Kier molecular flexibility index (Phi) is 8.08. The highest BCUT2D eigenvalue weighted by Crippen LogP contribution is 2.22. The highest BCUT2D eigenvalue weighted by Gasteiger charge is 2.13. The maximum Gasteiger partial charge on any atom is 0.244 e. The first-order chi connectivity index (χ1) is 14.4. The van der Waals surface area contributed by atoms with E-state index in [4.69, 9.17) is 11.6 Å². The van der Waals surface area contributed by atoms with Gasteiger partial charge in [-0.25, -0.2) is 4.68 Å². The molecule has 0 spiro atoms. The summed E-state index contributed by atoms with van der Waals surface area (Å²) in [6.07, 6.45) is 4.26. The van der Waals surface area contributed by atoms with Gasteiger partial charge in [0.1, 0.15) is 5.15 Å². The average molecular weight is 430 g/mol. The number of carbonyl (C=O) groups excluding carboxylic acids is 1. The second-order valence-electron chi connectivity index (χ2n) is 8.06. The van der Waals surface area contributed by atoms with Crippen LogP contribution in [0.25, 0.3) is 6.08 Å². The van der Waals surface area contributed by atoms with Crippen LogP contribution in [0.2, 0.25) is 5.15 Å². The molecule has 0 bridgehead atoms. The zero-order valence-corrected chi connectivity index (χ0v) is 19.0. The molecule has 1 aromatic heterocycles. The Balaban J connectivity index is 1.47. The Bertz CT molecular complexity index is 866. The average Bonchev–Trinajstić information content (AvgIpc) is 2.99. The number of hydrogen-bond acceptors (Lipinski definition) is 4. The summed E-state index contributed by atoms with van der Waals surface area (Å²) in [7, 11) is 2.16. The monoisotopic (exact) mass is 429 g/mol. The molecule has 30 heavy (non-hydrogen) atoms. The molecular weight excluding hydrogens is 398 g/mol. The summed E-state index contributed by atoms with van der Waals surface area (Å²) < 4.78 is 1.77. The third-order valence-corrected chi connectivity index (χ3v) is 5.91. The molecule has 1 saturated heterocycles. The summed E-state index contributed by atoms with van der Waals surface area (Å²) in [6, 6.07) is 8.31. The van der Waals surface area contributed by atoms with Crippen molar-refractivity contribution in [3.63, 3.8) is 0 Å². The molecule has 1 aliphatic rings. The summed E-state index contributed by atoms with van der Waals surface area (Å²) in [6.45, 7) is 10.7. The van der Waals surface area contributed by atoms with Crippen molar-refractivity contribution in [3.8, 4) is 0 Å². The third kappa shape index (κ3) is 6.42. The number of halogens is 1. The lowest BCUT2D eigenvalue weighted by atomic mass is 10.1. The van der Waals surface area contributed by atoms with E-state index < -0.39 is 0 Å². The number of nitrogens with one attached hydrogen (secondary N) is 1. The molecule has 162 valence electrons. The van der Waals surface area contributed by atoms with Crippen molar-refractivity contribution in [2.24, 2.45) is 0 Å². The van der Waals surface area contributed by atoms with Crippen molar-refractivity contribution in [1.82, 2.24) is 24.9 Å². The summed E-state index contributed by atoms with van der Waals surface area (Å²) in [5.41, 5.74) is 3.96. The lowest BCUT2D eigenvalue weighted by Gasteiger charge is -2.32. The molecule has 0 radical (unpaired) electrons. The Morgan fingerprint density at radius 2 is 1.87 bits per heavy atom. The predicted molar refractivity (Wildman–Crippen MR) is 123 cm³/mol. The molecular formula is C23H32ClN5O. The second-order valence-corrected chi connectivity index (χ2v) is 8.41. The summed E-state index contributed by atoms with van der Waals surface area (Å²) >= 11 is 6.53. The van der Waals surface area contributed by atoms with Crippen molar-refractivity contribution in [2.75, 3.05) is 46.3 Å². The zero-order chi connectivity index (χ0) is 21.5. The number of rotatable bonds is 8. The number of nitrogens with zero attached hydrogens (tertiary/aromatic N) is 4. The Hall–Kier alpha value is -2.15. The lowest BCUT2D eigenvalue weighted by Crippen LogP contribution is -2.45. The first-order valence-corrected chi connectivity index (χ1v) is 11.0. The van der Waals surface area contributed by atoms with E-state index in [2.05, 4.69) is 58.5 Å². The number of aromatic nitrogens is 2. The highest BCUT2D eigenvalue weighted by molar-refractivity contribution is 6.31. The van der Waals surface area contributed by atoms with Crippen molar-refractivity contribution in [2.45, 2.75) is 26.8 Å². The Morgan fingerprint density at radius 3 is 2.57 bits per heavy atom. The lowest BCUT2D eigenvalue weighted by molar-refractivity contribution is -0.116. The number of benzene rings is 1. The molecule has 3 rings (SSSR count). The van der Waals surface area contributed by atoms with E-state index in [1.165, 1.54) is 5.56 Å². The van der Waals surface area contributed by atoms with Crippen LogP contribution in [0.1, 0.15) is 28.8 Å². The SMILES string of the molecule is Cc1ccc(Cn2nc(C)c(/C=C/C(=O)NCCCN3CCN(C)CC3)c2Cl)cc1. The number of hydrogen-bond donors (Lipinski definition) is 1. The minimum Gasteiger partial charge on any atom is -0.353 e. The van der Waals surface area contributed by atoms with Crippen LogP contribution in [-0.4, -0.2) is 71.8 Å². The van der Waals surface area contributed by atoms with Crippen LogP contribution >= 0.6 is 11.6 Å². The van der Waals surface area contributed by atoms with Crippen LogP contribution in [0.4, 0.5) is 0 Å². The van der Waals surface area contributed by atoms with Gasteiger partial charge in [0, 0.05) is 44.4 Å². The molecule has 0 aliphatic carbocycles. The fourth-order valence-corrected chi connectivity index (χ4v) is 3.83. The molecule has 0 saturated carbocycles. The normalized spacial score (nSPS) is 15.7. The van der Waals surface area contributed by atoms with E-state index in [0.717, 1.165) is 56.0 Å². The number of carbonyl (C=O) groups is 1. The highest BCUT2D eigenvalue weighted by atomic mass is 35.5. The fraction of sp³-hybridized carbons (Fsp3) is 0.478. The smallest absolute Gasteiger partial charge is 0.244 e. The van der Waals surface area contributed by atoms with E-state index in [1.54, 1.807) is 16.8 Å². The van der Waals surface area contributed by atoms with Gasteiger partial charge in [0.15, 0.2) is 0 Å². The molecule has 0 atom stereocenters. The van der Waals surface area contributed by atoms with Crippen LogP contribution < -0.4 is 5.32 Å². The zero-order valence-electron chi connectivity index (χ0n) is 18.2. The number of amides is 1. The molecule has 0 unspecified atom stereocenters. The molecule has 2 aromatic rings. The standard InChI is InChI=1S/C23H32ClN5O/c1-18-5-7-20(8-6-18)17-29-23(24)21(19(2)26-29)9-10-22(30)25-11-4-12-28-15-13-27(3)14-16-28/h5-10H,4,11-17H2,1-3H3,(H,25,30)/b10-9+. The summed E-state index contributed by atoms with van der Waals surface area (Å²) in [5.74, 6) is -0.102. The Labute approximate surface area is 184 Å². The van der Waals surface area contributed by atoms with Crippen LogP contribution in [0.3, 0.4) is 0 Å². The topological polar surface area (TPSA) is 53.4 Å². The summed E-state index contributed by atoms with van der Waals surface area (Å²) in [5, 5.41) is 8.04. The van der Waals surface area contributed by atoms with Crippen LogP contribution in [0.15, 0.2) is 30.3 Å².